The Kier molecular flexibility index (Phi) is 9.68. The summed E-state index contributed by atoms with van der Waals surface area (Å²) >= 11 is 0. The van der Waals surface area contributed by atoms with E-state index in [-0.39, 0.29) is 29.1 Å². The second-order valence-electron chi connectivity index (χ2n) is 13.6. The molecule has 3 heterocycles. The van der Waals surface area contributed by atoms with Crippen LogP contribution in [0.3, 0.4) is 0 Å². The number of anilines is 1. The van der Waals surface area contributed by atoms with Crippen molar-refractivity contribution in [1.82, 2.24) is 24.8 Å². The summed E-state index contributed by atoms with van der Waals surface area (Å²) in [5.74, 6) is -0.344. The van der Waals surface area contributed by atoms with Crippen LogP contribution in [-0.2, 0) is 25.1 Å². The van der Waals surface area contributed by atoms with Crippen molar-refractivity contribution in [3.63, 3.8) is 0 Å². The fourth-order valence-electron chi connectivity index (χ4n) is 4.47. The van der Waals surface area contributed by atoms with Gasteiger partial charge in [-0.3, -0.25) is 9.36 Å². The second kappa shape index (κ2) is 12.8. The zero-order chi connectivity index (χ0) is 32.4. The zero-order valence-corrected chi connectivity index (χ0v) is 27.6. The summed E-state index contributed by atoms with van der Waals surface area (Å²) in [6.07, 6.45) is 0.662. The molecule has 0 spiro atoms. The van der Waals surface area contributed by atoms with Gasteiger partial charge in [0.15, 0.2) is 31.5 Å². The van der Waals surface area contributed by atoms with E-state index in [9.17, 15) is 19.8 Å². The molecule has 1 aliphatic heterocycles. The minimum atomic E-state index is -2.00. The quantitative estimate of drug-likeness (QED) is 0.251. The Bertz CT molecular complexity index is 1470. The van der Waals surface area contributed by atoms with Crippen molar-refractivity contribution in [2.45, 2.75) is 103 Å². The van der Waals surface area contributed by atoms with Gasteiger partial charge < -0.3 is 34.7 Å². The number of phenolic OH excluding ortho intramolecular Hbond substituents is 1. The molecular weight excluding hydrogens is 584 g/mol. The Morgan fingerprint density at radius 1 is 1.11 bits per heavy atom. The van der Waals surface area contributed by atoms with Crippen LogP contribution in [-0.4, -0.2) is 80.5 Å². The van der Waals surface area contributed by atoms with Crippen LogP contribution in [0.4, 0.5) is 10.6 Å². The van der Waals surface area contributed by atoms with Gasteiger partial charge in [0.2, 0.25) is 5.91 Å². The molecule has 240 valence electrons. The molecule has 0 bridgehead atoms. The Morgan fingerprint density at radius 2 is 1.80 bits per heavy atom. The van der Waals surface area contributed by atoms with Crippen LogP contribution in [0.1, 0.15) is 59.8 Å². The van der Waals surface area contributed by atoms with Crippen molar-refractivity contribution in [2.24, 2.45) is 0 Å². The third kappa shape index (κ3) is 8.11. The number of carbonyl (C=O) groups excluding carboxylic acids is 2. The predicted molar refractivity (Wildman–Crippen MR) is 167 cm³/mol. The van der Waals surface area contributed by atoms with E-state index >= 15 is 0 Å². The average Bonchev–Trinajstić information content (AvgIpc) is 3.50. The summed E-state index contributed by atoms with van der Waals surface area (Å²) < 4.78 is 19.5. The molecule has 44 heavy (non-hydrogen) atoms. The predicted octanol–water partition coefficient (Wildman–Crippen LogP) is 4.28. The minimum Gasteiger partial charge on any atom is -0.508 e. The molecule has 1 aromatic carbocycles. The highest BCUT2D eigenvalue weighted by Crippen LogP contribution is 2.38. The number of imidazole rings is 1. The normalized spacial score (nSPS) is 20.0. The summed E-state index contributed by atoms with van der Waals surface area (Å²) in [4.78, 5) is 39.1. The van der Waals surface area contributed by atoms with Gasteiger partial charge in [0.1, 0.15) is 29.8 Å². The second-order valence-corrected chi connectivity index (χ2v) is 18.4. The molecule has 0 radical (unpaired) electrons. The number of aliphatic hydroxyl groups excluding tert-OH is 1. The number of aromatic nitrogens is 4. The van der Waals surface area contributed by atoms with Crippen molar-refractivity contribution in [1.29, 1.82) is 0 Å². The Balaban J connectivity index is 1.51. The lowest BCUT2D eigenvalue weighted by atomic mass is 10.1. The van der Waals surface area contributed by atoms with Crippen LogP contribution in [0.5, 0.6) is 5.75 Å². The summed E-state index contributed by atoms with van der Waals surface area (Å²) in [5, 5.41) is 26.0. The molecule has 1 saturated heterocycles. The van der Waals surface area contributed by atoms with E-state index in [0.717, 1.165) is 0 Å². The van der Waals surface area contributed by atoms with Gasteiger partial charge in [-0.2, -0.15) is 0 Å². The number of hydrogen-bond acceptors (Lipinski definition) is 10. The maximum atomic E-state index is 13.5. The minimum absolute atomic E-state index is 0.0490. The van der Waals surface area contributed by atoms with Gasteiger partial charge in [-0.05, 0) is 56.6 Å². The molecule has 1 fully saturated rings. The summed E-state index contributed by atoms with van der Waals surface area (Å²) in [5.41, 5.74) is 0.590. The molecule has 0 unspecified atom stereocenters. The summed E-state index contributed by atoms with van der Waals surface area (Å²) in [6, 6.07) is 5.29. The van der Waals surface area contributed by atoms with E-state index in [1.165, 1.54) is 24.8 Å². The summed E-state index contributed by atoms with van der Waals surface area (Å²) in [6.45, 7) is 16.4. The molecule has 14 heteroatoms. The van der Waals surface area contributed by atoms with Crippen molar-refractivity contribution in [3.05, 3.63) is 42.5 Å². The number of nitrogens with one attached hydrogen (secondary N) is 2. The van der Waals surface area contributed by atoms with Gasteiger partial charge in [0.05, 0.1) is 19.0 Å². The molecule has 2 amide bonds. The highest BCUT2D eigenvalue weighted by Gasteiger charge is 2.41. The molecule has 4 rings (SSSR count). The fraction of sp³-hybridized carbons (Fsp3) is 0.567. The molecule has 2 aromatic heterocycles. The van der Waals surface area contributed by atoms with E-state index in [1.807, 2.05) is 0 Å². The molecule has 1 aliphatic rings. The first-order valence-electron chi connectivity index (χ1n) is 14.7. The first-order chi connectivity index (χ1) is 20.4. The van der Waals surface area contributed by atoms with Gasteiger partial charge in [0.25, 0.3) is 0 Å². The molecule has 0 saturated carbocycles. The van der Waals surface area contributed by atoms with Crippen molar-refractivity contribution >= 4 is 37.3 Å². The fourth-order valence-corrected chi connectivity index (χ4v) is 5.50. The number of benzene rings is 1. The number of alkyl carbamates (subject to hydrolysis) is 1. The van der Waals surface area contributed by atoms with Gasteiger partial charge in [0, 0.05) is 12.8 Å². The van der Waals surface area contributed by atoms with Crippen molar-refractivity contribution in [2.75, 3.05) is 11.9 Å². The summed E-state index contributed by atoms with van der Waals surface area (Å²) in [7, 11) is -2.00. The van der Waals surface area contributed by atoms with Gasteiger partial charge >= 0.3 is 6.09 Å². The maximum absolute atomic E-state index is 13.5. The largest absolute Gasteiger partial charge is 0.508 e. The number of fused-ring (bicyclic) bond motifs is 1. The van der Waals surface area contributed by atoms with E-state index < -0.39 is 44.3 Å². The lowest BCUT2D eigenvalue weighted by molar-refractivity contribution is -0.118. The first kappa shape index (κ1) is 33.3. The number of carbonyl (C=O) groups is 2. The number of hydrogen-bond donors (Lipinski definition) is 4. The lowest BCUT2D eigenvalue weighted by Crippen LogP contribution is -2.47. The first-order valence-corrected chi connectivity index (χ1v) is 17.6. The highest BCUT2D eigenvalue weighted by atomic mass is 28.4. The highest BCUT2D eigenvalue weighted by molar-refractivity contribution is 6.74. The monoisotopic (exact) mass is 628 g/mol. The SMILES string of the molecule is CC(C)(C)OC(=O)N[C@@H](Cc1ccc(O)cc1)C(=O)Nc1ncnc2c1ncn2[C@@H]1O[C@H](CO[Si](C)(C)C(C)(C)C)C[C@H]1O. The number of nitrogens with zero attached hydrogens (tertiary/aromatic N) is 4. The standard InChI is InChI=1S/C30H44N6O7Si/c1-29(2,3)43-28(40)34-21(13-18-9-11-19(37)12-10-18)26(39)35-24-23-25(32-16-31-24)36(17-33-23)27-22(38)14-20(42-27)15-41-44(7,8)30(4,5)6/h9-12,16-17,20-22,27,37-38H,13-15H2,1-8H3,(H,34,40)(H,31,32,35,39)/t20-,21-,22+,27+/m0/s1. The molecule has 4 N–H and O–H groups in total. The van der Waals surface area contributed by atoms with Crippen LogP contribution >= 0.6 is 0 Å². The van der Waals surface area contributed by atoms with Crippen LogP contribution in [0.2, 0.25) is 18.1 Å². The Morgan fingerprint density at radius 3 is 2.43 bits per heavy atom. The average molecular weight is 629 g/mol. The smallest absolute Gasteiger partial charge is 0.408 e. The van der Waals surface area contributed by atoms with Crippen LogP contribution in [0.25, 0.3) is 11.2 Å². The number of ether oxygens (including phenoxy) is 2. The third-order valence-electron chi connectivity index (χ3n) is 7.86. The Labute approximate surface area is 258 Å². The van der Waals surface area contributed by atoms with E-state index in [2.05, 4.69) is 59.5 Å². The van der Waals surface area contributed by atoms with Crippen LogP contribution in [0.15, 0.2) is 36.9 Å². The molecule has 0 aliphatic carbocycles. The topological polar surface area (TPSA) is 170 Å². The number of aliphatic hydroxyl groups is 1. The number of aromatic hydroxyl groups is 1. The van der Waals surface area contributed by atoms with Crippen LogP contribution < -0.4 is 10.6 Å². The number of rotatable bonds is 9. The lowest BCUT2D eigenvalue weighted by Gasteiger charge is -2.36. The van der Waals surface area contributed by atoms with E-state index in [4.69, 9.17) is 13.9 Å². The van der Waals surface area contributed by atoms with E-state index in [1.54, 1.807) is 37.5 Å². The van der Waals surface area contributed by atoms with Crippen molar-refractivity contribution < 1.29 is 33.7 Å². The van der Waals surface area contributed by atoms with Gasteiger partial charge in [-0.1, -0.05) is 32.9 Å². The van der Waals surface area contributed by atoms with Crippen LogP contribution in [0, 0.1) is 0 Å². The molecule has 13 nitrogen and oxygen atoms in total. The van der Waals surface area contributed by atoms with Crippen molar-refractivity contribution in [3.8, 4) is 5.75 Å². The Hall–Kier alpha value is -3.59. The zero-order valence-electron chi connectivity index (χ0n) is 26.6. The number of amides is 2. The van der Waals surface area contributed by atoms with E-state index in [0.29, 0.717) is 29.8 Å². The van der Waals surface area contributed by atoms with Gasteiger partial charge in [-0.15, -0.1) is 0 Å². The van der Waals surface area contributed by atoms with Gasteiger partial charge in [-0.25, -0.2) is 19.7 Å². The molecule has 4 atom stereocenters. The maximum Gasteiger partial charge on any atom is 0.408 e. The number of phenols is 1. The third-order valence-corrected chi connectivity index (χ3v) is 12.4. The molecular formula is C30H44N6O7Si. The molecule has 3 aromatic rings.